The number of imidazole rings is 1. The highest BCUT2D eigenvalue weighted by molar-refractivity contribution is 7.98. The lowest BCUT2D eigenvalue weighted by Crippen LogP contribution is -2.12. The zero-order valence-electron chi connectivity index (χ0n) is 15.5. The van der Waals surface area contributed by atoms with Gasteiger partial charge in [-0.2, -0.15) is 0 Å². The van der Waals surface area contributed by atoms with E-state index in [0.717, 1.165) is 16.3 Å². The van der Waals surface area contributed by atoms with Crippen molar-refractivity contribution < 1.29 is 19.7 Å². The number of rotatable bonds is 8. The van der Waals surface area contributed by atoms with Gasteiger partial charge in [0.2, 0.25) is 0 Å². The van der Waals surface area contributed by atoms with E-state index in [4.69, 9.17) is 4.74 Å². The predicted octanol–water partition coefficient (Wildman–Crippen LogP) is 3.19. The van der Waals surface area contributed by atoms with Gasteiger partial charge in [-0.15, -0.1) is 0 Å². The molecule has 0 amide bonds. The molecule has 1 aromatic heterocycles. The summed E-state index contributed by atoms with van der Waals surface area (Å²) in [6.45, 7) is 0.159. The van der Waals surface area contributed by atoms with Crippen LogP contribution in [0.5, 0.6) is 0 Å². The van der Waals surface area contributed by atoms with Crippen LogP contribution in [-0.2, 0) is 23.6 Å². The van der Waals surface area contributed by atoms with Crippen molar-refractivity contribution in [1.82, 2.24) is 9.55 Å². The van der Waals surface area contributed by atoms with Gasteiger partial charge in [0.15, 0.2) is 5.16 Å². The van der Waals surface area contributed by atoms with Crippen molar-refractivity contribution in [3.05, 3.63) is 83.2 Å². The Bertz CT molecular complexity index is 910. The lowest BCUT2D eigenvalue weighted by molar-refractivity contribution is 0.0600. The number of aromatic nitrogens is 2. The minimum Gasteiger partial charge on any atom is -0.465 e. The van der Waals surface area contributed by atoms with Gasteiger partial charge in [0.25, 0.3) is 0 Å². The van der Waals surface area contributed by atoms with Crippen LogP contribution in [0.2, 0.25) is 0 Å². The van der Waals surface area contributed by atoms with Crippen LogP contribution >= 0.6 is 11.8 Å². The third-order valence-electron chi connectivity index (χ3n) is 4.35. The van der Waals surface area contributed by atoms with Crippen molar-refractivity contribution in [2.75, 3.05) is 7.11 Å². The lowest BCUT2D eigenvalue weighted by Gasteiger charge is -2.16. The highest BCUT2D eigenvalue weighted by Crippen LogP contribution is 2.26. The van der Waals surface area contributed by atoms with Gasteiger partial charge in [0, 0.05) is 5.75 Å². The summed E-state index contributed by atoms with van der Waals surface area (Å²) in [5.74, 6) is 0.280. The fourth-order valence-corrected chi connectivity index (χ4v) is 3.75. The van der Waals surface area contributed by atoms with E-state index in [1.807, 2.05) is 47.0 Å². The van der Waals surface area contributed by atoms with E-state index in [9.17, 15) is 15.0 Å². The van der Waals surface area contributed by atoms with Gasteiger partial charge >= 0.3 is 5.97 Å². The second-order valence-electron chi connectivity index (χ2n) is 6.20. The van der Waals surface area contributed by atoms with Crippen molar-refractivity contribution in [1.29, 1.82) is 0 Å². The van der Waals surface area contributed by atoms with Gasteiger partial charge in [0.1, 0.15) is 0 Å². The molecule has 3 aromatic rings. The van der Waals surface area contributed by atoms with Crippen LogP contribution in [0.15, 0.2) is 66.0 Å². The van der Waals surface area contributed by atoms with Crippen molar-refractivity contribution in [3.8, 4) is 0 Å². The van der Waals surface area contributed by atoms with E-state index < -0.39 is 6.10 Å². The summed E-state index contributed by atoms with van der Waals surface area (Å²) < 4.78 is 6.54. The van der Waals surface area contributed by atoms with E-state index >= 15 is 0 Å². The number of thioether (sulfide) groups is 1. The number of aliphatic hydroxyl groups is 2. The van der Waals surface area contributed by atoms with Crippen LogP contribution in [0, 0.1) is 0 Å². The molecule has 0 saturated carbocycles. The molecule has 0 bridgehead atoms. The Hall–Kier alpha value is -2.61. The monoisotopic (exact) mass is 398 g/mol. The normalized spacial score (nSPS) is 12.0. The third kappa shape index (κ3) is 4.81. The summed E-state index contributed by atoms with van der Waals surface area (Å²) in [4.78, 5) is 15.9. The topological polar surface area (TPSA) is 84.6 Å². The number of ether oxygens (including phenoxy) is 1. The SMILES string of the molecule is COC(=O)c1ccc(CSc2ncc(CO)n2CC(O)c2ccccc2)cc1. The molecule has 2 N–H and O–H groups in total. The summed E-state index contributed by atoms with van der Waals surface area (Å²) in [5, 5.41) is 20.9. The van der Waals surface area contributed by atoms with Crippen LogP contribution in [-0.4, -0.2) is 32.8 Å². The van der Waals surface area contributed by atoms with E-state index in [1.54, 1.807) is 18.3 Å². The van der Waals surface area contributed by atoms with Gasteiger partial charge in [0.05, 0.1) is 43.8 Å². The zero-order chi connectivity index (χ0) is 19.9. The highest BCUT2D eigenvalue weighted by Gasteiger charge is 2.15. The number of hydrogen-bond donors (Lipinski definition) is 2. The average Bonchev–Trinajstić information content (AvgIpc) is 3.14. The molecule has 1 unspecified atom stereocenters. The maximum absolute atomic E-state index is 11.5. The second-order valence-corrected chi connectivity index (χ2v) is 7.15. The van der Waals surface area contributed by atoms with E-state index in [2.05, 4.69) is 4.98 Å². The fraction of sp³-hybridized carbons (Fsp3) is 0.238. The largest absolute Gasteiger partial charge is 0.465 e. The smallest absolute Gasteiger partial charge is 0.337 e. The van der Waals surface area contributed by atoms with Crippen LogP contribution in [0.25, 0.3) is 0 Å². The van der Waals surface area contributed by atoms with Gasteiger partial charge in [-0.3, -0.25) is 0 Å². The number of methoxy groups -OCH3 is 1. The van der Waals surface area contributed by atoms with Crippen LogP contribution in [0.1, 0.15) is 33.3 Å². The maximum atomic E-state index is 11.5. The lowest BCUT2D eigenvalue weighted by atomic mass is 10.1. The molecule has 0 fully saturated rings. The quantitative estimate of drug-likeness (QED) is 0.448. The van der Waals surface area contributed by atoms with Crippen molar-refractivity contribution in [3.63, 3.8) is 0 Å². The van der Waals surface area contributed by atoms with E-state index in [-0.39, 0.29) is 12.6 Å². The van der Waals surface area contributed by atoms with Crippen LogP contribution < -0.4 is 0 Å². The molecule has 6 nitrogen and oxygen atoms in total. The Morgan fingerprint density at radius 2 is 1.89 bits per heavy atom. The minimum absolute atomic E-state index is 0.150. The van der Waals surface area contributed by atoms with Gasteiger partial charge in [-0.25, -0.2) is 9.78 Å². The van der Waals surface area contributed by atoms with Gasteiger partial charge in [-0.05, 0) is 23.3 Å². The molecule has 0 radical (unpaired) electrons. The molecule has 0 spiro atoms. The number of carbonyl (C=O) groups is 1. The Balaban J connectivity index is 1.70. The molecule has 2 aromatic carbocycles. The standard InChI is InChI=1S/C21H22N2O4S/c1-27-20(26)17-9-7-15(8-10-17)14-28-21-22-11-18(13-24)23(21)12-19(25)16-5-3-2-4-6-16/h2-11,19,24-25H,12-14H2,1H3. The summed E-state index contributed by atoms with van der Waals surface area (Å²) >= 11 is 1.51. The van der Waals surface area contributed by atoms with Crippen molar-refractivity contribution >= 4 is 17.7 Å². The Morgan fingerprint density at radius 1 is 1.18 bits per heavy atom. The first-order chi connectivity index (χ1) is 13.6. The van der Waals surface area contributed by atoms with Gasteiger partial charge in [-0.1, -0.05) is 54.2 Å². The number of hydrogen-bond acceptors (Lipinski definition) is 6. The van der Waals surface area contributed by atoms with E-state index in [1.165, 1.54) is 18.9 Å². The van der Waals surface area contributed by atoms with E-state index in [0.29, 0.717) is 23.6 Å². The summed E-state index contributed by atoms with van der Waals surface area (Å²) in [6, 6.07) is 16.6. The number of nitrogens with zero attached hydrogens (tertiary/aromatic N) is 2. The average molecular weight is 398 g/mol. The molecular formula is C21H22N2O4S. The first-order valence-corrected chi connectivity index (χ1v) is 9.79. The summed E-state index contributed by atoms with van der Waals surface area (Å²) in [7, 11) is 1.36. The molecule has 0 saturated heterocycles. The number of aliphatic hydroxyl groups excluding tert-OH is 2. The molecule has 3 rings (SSSR count). The summed E-state index contributed by atoms with van der Waals surface area (Å²) in [6.07, 6.45) is 0.930. The maximum Gasteiger partial charge on any atom is 0.337 e. The zero-order valence-corrected chi connectivity index (χ0v) is 16.3. The number of esters is 1. The predicted molar refractivity (Wildman–Crippen MR) is 107 cm³/mol. The minimum atomic E-state index is -0.695. The van der Waals surface area contributed by atoms with Gasteiger partial charge < -0.3 is 19.5 Å². The molecule has 7 heteroatoms. The highest BCUT2D eigenvalue weighted by atomic mass is 32.2. The Labute approximate surface area is 167 Å². The summed E-state index contributed by atoms with van der Waals surface area (Å²) in [5.41, 5.74) is 3.00. The molecule has 0 aliphatic rings. The Kier molecular flexibility index (Phi) is 6.86. The molecule has 146 valence electrons. The second kappa shape index (κ2) is 9.54. The number of carbonyl (C=O) groups excluding carboxylic acids is 1. The molecule has 0 aliphatic heterocycles. The first-order valence-electron chi connectivity index (χ1n) is 8.80. The van der Waals surface area contributed by atoms with Crippen LogP contribution in [0.3, 0.4) is 0 Å². The van der Waals surface area contributed by atoms with Crippen LogP contribution in [0.4, 0.5) is 0 Å². The third-order valence-corrected chi connectivity index (χ3v) is 5.41. The molecule has 1 heterocycles. The Morgan fingerprint density at radius 3 is 2.54 bits per heavy atom. The first kappa shape index (κ1) is 20.1. The molecule has 1 atom stereocenters. The number of benzene rings is 2. The molecule has 0 aliphatic carbocycles. The molecule has 28 heavy (non-hydrogen) atoms. The van der Waals surface area contributed by atoms with Crippen molar-refractivity contribution in [2.45, 2.75) is 30.2 Å². The van der Waals surface area contributed by atoms with Crippen molar-refractivity contribution in [2.24, 2.45) is 0 Å². The molecular weight excluding hydrogens is 376 g/mol. The fourth-order valence-electron chi connectivity index (χ4n) is 2.79.